The maximum absolute atomic E-state index is 5.38. The van der Waals surface area contributed by atoms with Crippen molar-refractivity contribution in [1.29, 1.82) is 0 Å². The molecule has 22 heavy (non-hydrogen) atoms. The second kappa shape index (κ2) is 7.89. The van der Waals surface area contributed by atoms with E-state index < -0.39 is 0 Å². The van der Waals surface area contributed by atoms with Crippen LogP contribution in [0.5, 0.6) is 0 Å². The fraction of sp³-hybridized carbons (Fsp3) is 0.353. The molecule has 2 aromatic rings. The molecule has 2 heterocycles. The van der Waals surface area contributed by atoms with Gasteiger partial charge in [-0.2, -0.15) is 0 Å². The van der Waals surface area contributed by atoms with Gasteiger partial charge >= 0.3 is 0 Å². The van der Waals surface area contributed by atoms with E-state index in [0.717, 1.165) is 50.8 Å². The molecule has 0 atom stereocenters. The molecule has 1 fully saturated rings. The summed E-state index contributed by atoms with van der Waals surface area (Å²) < 4.78 is 6.55. The van der Waals surface area contributed by atoms with Crippen LogP contribution in [0.1, 0.15) is 5.56 Å². The lowest BCUT2D eigenvalue weighted by Crippen LogP contribution is -2.37. The Morgan fingerprint density at radius 3 is 2.64 bits per heavy atom. The van der Waals surface area contributed by atoms with Gasteiger partial charge in [-0.05, 0) is 58.8 Å². The van der Waals surface area contributed by atoms with Crippen molar-refractivity contribution in [3.8, 4) is 0 Å². The molecule has 0 aliphatic carbocycles. The molecule has 0 unspecified atom stereocenters. The van der Waals surface area contributed by atoms with Crippen LogP contribution in [0.15, 0.2) is 42.6 Å². The van der Waals surface area contributed by atoms with Crippen LogP contribution in [0.25, 0.3) is 0 Å². The monoisotopic (exact) mass is 409 g/mol. The lowest BCUT2D eigenvalue weighted by atomic mass is 10.1. The summed E-state index contributed by atoms with van der Waals surface area (Å²) in [6, 6.07) is 12.6. The first kappa shape index (κ1) is 15.7. The number of benzene rings is 1. The van der Waals surface area contributed by atoms with Crippen molar-refractivity contribution in [1.82, 2.24) is 9.88 Å². The van der Waals surface area contributed by atoms with Crippen LogP contribution in [-0.4, -0.2) is 42.7 Å². The maximum Gasteiger partial charge on any atom is 0.131 e. The third-order valence-electron chi connectivity index (χ3n) is 3.77. The Morgan fingerprint density at radius 1 is 1.14 bits per heavy atom. The highest BCUT2D eigenvalue weighted by atomic mass is 127. The number of morpholine rings is 1. The van der Waals surface area contributed by atoms with E-state index in [1.165, 1.54) is 9.13 Å². The highest BCUT2D eigenvalue weighted by Gasteiger charge is 2.09. The molecule has 0 radical (unpaired) electrons. The lowest BCUT2D eigenvalue weighted by molar-refractivity contribution is 0.0384. The van der Waals surface area contributed by atoms with Crippen molar-refractivity contribution >= 4 is 34.1 Å². The summed E-state index contributed by atoms with van der Waals surface area (Å²) in [6.45, 7) is 4.95. The normalized spacial score (nSPS) is 15.7. The zero-order chi connectivity index (χ0) is 15.2. The number of nitrogens with zero attached hydrogens (tertiary/aromatic N) is 2. The van der Waals surface area contributed by atoms with Gasteiger partial charge in [0.2, 0.25) is 0 Å². The van der Waals surface area contributed by atoms with E-state index in [2.05, 4.69) is 62.1 Å². The van der Waals surface area contributed by atoms with E-state index in [1.54, 1.807) is 0 Å². The number of hydrogen-bond acceptors (Lipinski definition) is 4. The molecule has 1 N–H and O–H groups in total. The van der Waals surface area contributed by atoms with E-state index in [0.29, 0.717) is 0 Å². The quantitative estimate of drug-likeness (QED) is 0.770. The number of ether oxygens (including phenoxy) is 1. The van der Waals surface area contributed by atoms with Crippen molar-refractivity contribution in [3.05, 3.63) is 51.7 Å². The fourth-order valence-electron chi connectivity index (χ4n) is 2.49. The Bertz CT molecular complexity index is 597. The summed E-state index contributed by atoms with van der Waals surface area (Å²) in [5.41, 5.74) is 2.44. The Morgan fingerprint density at radius 2 is 1.91 bits per heavy atom. The van der Waals surface area contributed by atoms with Gasteiger partial charge < -0.3 is 10.1 Å². The van der Waals surface area contributed by atoms with Crippen molar-refractivity contribution in [2.75, 3.05) is 38.2 Å². The van der Waals surface area contributed by atoms with E-state index in [9.17, 15) is 0 Å². The van der Waals surface area contributed by atoms with E-state index in [1.807, 2.05) is 18.3 Å². The number of rotatable bonds is 5. The topological polar surface area (TPSA) is 37.4 Å². The Kier molecular flexibility index (Phi) is 5.64. The number of aromatic nitrogens is 1. The highest BCUT2D eigenvalue weighted by Crippen LogP contribution is 2.17. The van der Waals surface area contributed by atoms with Crippen molar-refractivity contribution < 1.29 is 4.74 Å². The lowest BCUT2D eigenvalue weighted by Gasteiger charge is -2.26. The molecule has 116 valence electrons. The summed E-state index contributed by atoms with van der Waals surface area (Å²) in [7, 11) is 0. The minimum Gasteiger partial charge on any atom is -0.379 e. The summed E-state index contributed by atoms with van der Waals surface area (Å²) >= 11 is 2.29. The predicted octanol–water partition coefficient (Wildman–Crippen LogP) is 3.30. The zero-order valence-corrected chi connectivity index (χ0v) is 14.6. The van der Waals surface area contributed by atoms with Crippen LogP contribution in [0.3, 0.4) is 0 Å². The van der Waals surface area contributed by atoms with Gasteiger partial charge in [-0.25, -0.2) is 4.98 Å². The van der Waals surface area contributed by atoms with E-state index in [4.69, 9.17) is 4.74 Å². The SMILES string of the molecule is Ic1ccnc(Nc2ccc(CCN3CCOCC3)cc2)c1. The minimum atomic E-state index is 0.867. The first-order chi connectivity index (χ1) is 10.8. The molecule has 0 amide bonds. The molecule has 1 aromatic heterocycles. The number of pyridine rings is 1. The summed E-state index contributed by atoms with van der Waals surface area (Å²) in [5.74, 6) is 0.882. The van der Waals surface area contributed by atoms with Gasteiger partial charge in [0, 0.05) is 35.1 Å². The average molecular weight is 409 g/mol. The second-order valence-corrected chi connectivity index (χ2v) is 6.63. The number of halogens is 1. The molecule has 0 spiro atoms. The van der Waals surface area contributed by atoms with Gasteiger partial charge in [0.1, 0.15) is 5.82 Å². The Hall–Kier alpha value is -1.18. The van der Waals surface area contributed by atoms with Gasteiger partial charge in [0.05, 0.1) is 13.2 Å². The van der Waals surface area contributed by atoms with Gasteiger partial charge in [-0.15, -0.1) is 0 Å². The van der Waals surface area contributed by atoms with Gasteiger partial charge in [0.15, 0.2) is 0 Å². The van der Waals surface area contributed by atoms with Crippen molar-refractivity contribution in [2.45, 2.75) is 6.42 Å². The molecule has 3 rings (SSSR count). The first-order valence-corrected chi connectivity index (χ1v) is 8.65. The van der Waals surface area contributed by atoms with Gasteiger partial charge in [-0.3, -0.25) is 4.90 Å². The molecule has 0 saturated carbocycles. The van der Waals surface area contributed by atoms with E-state index in [-0.39, 0.29) is 0 Å². The predicted molar refractivity (Wildman–Crippen MR) is 97.6 cm³/mol. The smallest absolute Gasteiger partial charge is 0.131 e. The minimum absolute atomic E-state index is 0.867. The van der Waals surface area contributed by atoms with Gasteiger partial charge in [-0.1, -0.05) is 12.1 Å². The summed E-state index contributed by atoms with van der Waals surface area (Å²) in [6.07, 6.45) is 2.91. The molecular formula is C17H20IN3O. The molecule has 4 nitrogen and oxygen atoms in total. The van der Waals surface area contributed by atoms with Crippen molar-refractivity contribution in [2.24, 2.45) is 0 Å². The third-order valence-corrected chi connectivity index (χ3v) is 4.44. The number of nitrogens with one attached hydrogen (secondary N) is 1. The van der Waals surface area contributed by atoms with Crippen LogP contribution in [-0.2, 0) is 11.2 Å². The zero-order valence-electron chi connectivity index (χ0n) is 12.5. The Labute approximate surface area is 145 Å². The molecule has 5 heteroatoms. The molecule has 1 saturated heterocycles. The largest absolute Gasteiger partial charge is 0.379 e. The standard InChI is InChI=1S/C17H20IN3O/c18-15-5-7-19-17(13-15)20-16-3-1-14(2-4-16)6-8-21-9-11-22-12-10-21/h1-5,7,13H,6,8-12H2,(H,19,20). The van der Waals surface area contributed by atoms with Gasteiger partial charge in [0.25, 0.3) is 0 Å². The highest BCUT2D eigenvalue weighted by molar-refractivity contribution is 14.1. The molecular weight excluding hydrogens is 389 g/mol. The van der Waals surface area contributed by atoms with Crippen LogP contribution in [0, 0.1) is 3.57 Å². The molecule has 0 bridgehead atoms. The summed E-state index contributed by atoms with van der Waals surface area (Å²) in [4.78, 5) is 6.78. The first-order valence-electron chi connectivity index (χ1n) is 7.57. The van der Waals surface area contributed by atoms with Crippen LogP contribution < -0.4 is 5.32 Å². The third kappa shape index (κ3) is 4.66. The van der Waals surface area contributed by atoms with E-state index >= 15 is 0 Å². The maximum atomic E-state index is 5.38. The number of hydrogen-bond donors (Lipinski definition) is 1. The summed E-state index contributed by atoms with van der Waals surface area (Å²) in [5, 5.41) is 3.33. The number of anilines is 2. The average Bonchev–Trinajstić information content (AvgIpc) is 2.55. The second-order valence-electron chi connectivity index (χ2n) is 5.39. The van der Waals surface area contributed by atoms with Crippen LogP contribution in [0.4, 0.5) is 11.5 Å². The fourth-order valence-corrected chi connectivity index (χ4v) is 2.94. The Balaban J connectivity index is 1.53. The molecule has 1 aromatic carbocycles. The van der Waals surface area contributed by atoms with Crippen LogP contribution in [0.2, 0.25) is 0 Å². The van der Waals surface area contributed by atoms with Crippen LogP contribution >= 0.6 is 22.6 Å². The van der Waals surface area contributed by atoms with Crippen molar-refractivity contribution in [3.63, 3.8) is 0 Å². The molecule has 1 aliphatic rings. The molecule has 1 aliphatic heterocycles.